The second-order valence-corrected chi connectivity index (χ2v) is 6.98. The van der Waals surface area contributed by atoms with Gasteiger partial charge < -0.3 is 19.3 Å². The minimum Gasteiger partial charge on any atom is -0.493 e. The van der Waals surface area contributed by atoms with Crippen molar-refractivity contribution in [1.82, 2.24) is 9.80 Å². The molecule has 2 amide bonds. The highest BCUT2D eigenvalue weighted by Crippen LogP contribution is 2.26. The number of piperidine rings is 2. The number of nitrogens with zero attached hydrogens (tertiary/aromatic N) is 2. The lowest BCUT2D eigenvalue weighted by molar-refractivity contribution is -0.142. The van der Waals surface area contributed by atoms with Crippen LogP contribution in [-0.2, 0) is 9.59 Å². The molecular formula is C20H28N2O4. The average Bonchev–Trinajstić information content (AvgIpc) is 2.72. The molecule has 0 spiro atoms. The first-order chi connectivity index (χ1) is 12.7. The van der Waals surface area contributed by atoms with E-state index in [0.717, 1.165) is 38.8 Å². The molecule has 2 fully saturated rings. The van der Waals surface area contributed by atoms with Gasteiger partial charge in [-0.15, -0.1) is 0 Å². The van der Waals surface area contributed by atoms with Gasteiger partial charge in [0.15, 0.2) is 18.1 Å². The van der Waals surface area contributed by atoms with E-state index >= 15 is 0 Å². The Hall–Kier alpha value is -2.24. The van der Waals surface area contributed by atoms with E-state index in [-0.39, 0.29) is 24.3 Å². The van der Waals surface area contributed by atoms with Gasteiger partial charge in [0.1, 0.15) is 0 Å². The summed E-state index contributed by atoms with van der Waals surface area (Å²) in [5.41, 5.74) is 0. The summed E-state index contributed by atoms with van der Waals surface area (Å²) in [6, 6.07) is 7.30. The molecular weight excluding hydrogens is 332 g/mol. The topological polar surface area (TPSA) is 59.1 Å². The number of likely N-dealkylation sites (tertiary alicyclic amines) is 2. The molecule has 6 heteroatoms. The molecule has 1 aromatic carbocycles. The molecule has 142 valence electrons. The van der Waals surface area contributed by atoms with E-state index < -0.39 is 0 Å². The quantitative estimate of drug-likeness (QED) is 0.809. The average molecular weight is 360 g/mol. The standard InChI is InChI=1S/C20H28N2O4/c1-25-17-7-3-4-8-18(17)26-15-19(23)21-13-9-16(10-14-21)20(24)22-11-5-2-6-12-22/h3-4,7-8,16H,2,5-6,9-15H2,1H3. The molecule has 6 nitrogen and oxygen atoms in total. The maximum absolute atomic E-state index is 12.6. The first-order valence-corrected chi connectivity index (χ1v) is 9.51. The fraction of sp³-hybridized carbons (Fsp3) is 0.600. The van der Waals surface area contributed by atoms with Crippen molar-refractivity contribution in [3.8, 4) is 11.5 Å². The van der Waals surface area contributed by atoms with E-state index in [2.05, 4.69) is 0 Å². The molecule has 0 saturated carbocycles. The van der Waals surface area contributed by atoms with Crippen molar-refractivity contribution >= 4 is 11.8 Å². The Morgan fingerprint density at radius 2 is 1.62 bits per heavy atom. The summed E-state index contributed by atoms with van der Waals surface area (Å²) >= 11 is 0. The molecule has 2 aliphatic heterocycles. The number of carbonyl (C=O) groups excluding carboxylic acids is 2. The van der Waals surface area contributed by atoms with Crippen LogP contribution in [0.15, 0.2) is 24.3 Å². The van der Waals surface area contributed by atoms with Gasteiger partial charge in [-0.3, -0.25) is 9.59 Å². The third kappa shape index (κ3) is 4.48. The van der Waals surface area contributed by atoms with E-state index in [4.69, 9.17) is 9.47 Å². The zero-order chi connectivity index (χ0) is 18.4. The van der Waals surface area contributed by atoms with Crippen molar-refractivity contribution in [2.45, 2.75) is 32.1 Å². The number of benzene rings is 1. The molecule has 0 N–H and O–H groups in total. The summed E-state index contributed by atoms with van der Waals surface area (Å²) in [6.45, 7) is 3.03. The van der Waals surface area contributed by atoms with E-state index in [1.54, 1.807) is 24.1 Å². The molecule has 3 rings (SSSR count). The highest BCUT2D eigenvalue weighted by molar-refractivity contribution is 5.80. The minimum absolute atomic E-state index is 0.00882. The van der Waals surface area contributed by atoms with Crippen molar-refractivity contribution in [2.24, 2.45) is 5.92 Å². The first-order valence-electron chi connectivity index (χ1n) is 9.51. The Morgan fingerprint density at radius 1 is 0.962 bits per heavy atom. The lowest BCUT2D eigenvalue weighted by atomic mass is 9.94. The van der Waals surface area contributed by atoms with Crippen LogP contribution in [0.25, 0.3) is 0 Å². The predicted molar refractivity (Wildman–Crippen MR) is 98.2 cm³/mol. The van der Waals surface area contributed by atoms with Crippen LogP contribution in [0.3, 0.4) is 0 Å². The Morgan fingerprint density at radius 3 is 2.27 bits per heavy atom. The molecule has 0 bridgehead atoms. The summed E-state index contributed by atoms with van der Waals surface area (Å²) in [7, 11) is 1.58. The van der Waals surface area contributed by atoms with Gasteiger partial charge in [-0.1, -0.05) is 12.1 Å². The number of hydrogen-bond donors (Lipinski definition) is 0. The second-order valence-electron chi connectivity index (χ2n) is 6.98. The second kappa shape index (κ2) is 8.92. The maximum Gasteiger partial charge on any atom is 0.260 e. The number of amides is 2. The number of carbonyl (C=O) groups is 2. The summed E-state index contributed by atoms with van der Waals surface area (Å²) in [6.07, 6.45) is 4.95. The van der Waals surface area contributed by atoms with Gasteiger partial charge in [0.2, 0.25) is 5.91 Å². The zero-order valence-corrected chi connectivity index (χ0v) is 15.5. The molecule has 2 saturated heterocycles. The van der Waals surface area contributed by atoms with Crippen LogP contribution in [0, 0.1) is 5.92 Å². The van der Waals surface area contributed by atoms with Gasteiger partial charge in [-0.2, -0.15) is 0 Å². The molecule has 2 heterocycles. The Balaban J connectivity index is 1.45. The van der Waals surface area contributed by atoms with Crippen LogP contribution in [-0.4, -0.2) is 61.5 Å². The van der Waals surface area contributed by atoms with Gasteiger partial charge in [-0.05, 0) is 44.2 Å². The third-order valence-electron chi connectivity index (χ3n) is 5.28. The van der Waals surface area contributed by atoms with Crippen LogP contribution >= 0.6 is 0 Å². The predicted octanol–water partition coefficient (Wildman–Crippen LogP) is 2.33. The Labute approximate surface area is 155 Å². The Kier molecular flexibility index (Phi) is 6.36. The van der Waals surface area contributed by atoms with E-state index in [9.17, 15) is 9.59 Å². The molecule has 0 aliphatic carbocycles. The van der Waals surface area contributed by atoms with Crippen LogP contribution in [0.4, 0.5) is 0 Å². The third-order valence-corrected chi connectivity index (χ3v) is 5.28. The van der Waals surface area contributed by atoms with Crippen molar-refractivity contribution in [2.75, 3.05) is 39.9 Å². The largest absolute Gasteiger partial charge is 0.493 e. The molecule has 2 aliphatic rings. The Bertz CT molecular complexity index is 620. The molecule has 26 heavy (non-hydrogen) atoms. The highest BCUT2D eigenvalue weighted by Gasteiger charge is 2.30. The van der Waals surface area contributed by atoms with Gasteiger partial charge in [-0.25, -0.2) is 0 Å². The van der Waals surface area contributed by atoms with Crippen molar-refractivity contribution in [3.63, 3.8) is 0 Å². The lowest BCUT2D eigenvalue weighted by Crippen LogP contribution is -2.46. The van der Waals surface area contributed by atoms with E-state index in [1.165, 1.54) is 6.42 Å². The fourth-order valence-corrected chi connectivity index (χ4v) is 3.72. The summed E-state index contributed by atoms with van der Waals surface area (Å²) in [5.74, 6) is 1.48. The van der Waals surface area contributed by atoms with Crippen LogP contribution in [0.2, 0.25) is 0 Å². The van der Waals surface area contributed by atoms with Gasteiger partial charge in [0, 0.05) is 32.1 Å². The smallest absolute Gasteiger partial charge is 0.260 e. The maximum atomic E-state index is 12.6. The summed E-state index contributed by atoms with van der Waals surface area (Å²) in [4.78, 5) is 28.8. The summed E-state index contributed by atoms with van der Waals surface area (Å²) in [5, 5.41) is 0. The van der Waals surface area contributed by atoms with Crippen LogP contribution < -0.4 is 9.47 Å². The van der Waals surface area contributed by atoms with Crippen molar-refractivity contribution in [1.29, 1.82) is 0 Å². The number of methoxy groups -OCH3 is 1. The van der Waals surface area contributed by atoms with Crippen LogP contribution in [0.5, 0.6) is 11.5 Å². The number of rotatable bonds is 5. The summed E-state index contributed by atoms with van der Waals surface area (Å²) < 4.78 is 10.9. The normalized spacial score (nSPS) is 18.5. The van der Waals surface area contributed by atoms with E-state index in [0.29, 0.717) is 24.6 Å². The van der Waals surface area contributed by atoms with Gasteiger partial charge >= 0.3 is 0 Å². The minimum atomic E-state index is -0.0419. The SMILES string of the molecule is COc1ccccc1OCC(=O)N1CCC(C(=O)N2CCCCC2)CC1. The number of hydrogen-bond acceptors (Lipinski definition) is 4. The molecule has 0 atom stereocenters. The molecule has 0 aromatic heterocycles. The molecule has 0 unspecified atom stereocenters. The zero-order valence-electron chi connectivity index (χ0n) is 15.5. The van der Waals surface area contributed by atoms with Crippen molar-refractivity contribution in [3.05, 3.63) is 24.3 Å². The molecule has 0 radical (unpaired) electrons. The number of para-hydroxylation sites is 2. The highest BCUT2D eigenvalue weighted by atomic mass is 16.5. The lowest BCUT2D eigenvalue weighted by Gasteiger charge is -2.35. The first kappa shape index (κ1) is 18.5. The van der Waals surface area contributed by atoms with Crippen molar-refractivity contribution < 1.29 is 19.1 Å². The van der Waals surface area contributed by atoms with Crippen LogP contribution in [0.1, 0.15) is 32.1 Å². The van der Waals surface area contributed by atoms with Gasteiger partial charge in [0.25, 0.3) is 5.91 Å². The molecule has 1 aromatic rings. The number of ether oxygens (including phenoxy) is 2. The van der Waals surface area contributed by atoms with E-state index in [1.807, 2.05) is 17.0 Å². The monoisotopic (exact) mass is 360 g/mol. The van der Waals surface area contributed by atoms with Gasteiger partial charge in [0.05, 0.1) is 7.11 Å². The fourth-order valence-electron chi connectivity index (χ4n) is 3.72.